The summed E-state index contributed by atoms with van der Waals surface area (Å²) in [5.41, 5.74) is 0.421. The SMILES string of the molecule is Cc1ncc(C(=O)NCCOCCC(=O)N2CCNCC2)cn1. The smallest absolute Gasteiger partial charge is 0.254 e. The highest BCUT2D eigenvalue weighted by molar-refractivity contribution is 5.93. The van der Waals surface area contributed by atoms with Crippen LogP contribution >= 0.6 is 0 Å². The van der Waals surface area contributed by atoms with Gasteiger partial charge in [-0.2, -0.15) is 0 Å². The molecule has 1 aromatic rings. The summed E-state index contributed by atoms with van der Waals surface area (Å²) in [6, 6.07) is 0. The van der Waals surface area contributed by atoms with Crippen LogP contribution in [0, 0.1) is 6.92 Å². The number of amides is 2. The molecule has 126 valence electrons. The van der Waals surface area contributed by atoms with Crippen LogP contribution in [0.3, 0.4) is 0 Å². The number of aryl methyl sites for hydroxylation is 1. The number of hydrogen-bond acceptors (Lipinski definition) is 6. The second-order valence-electron chi connectivity index (χ2n) is 5.27. The number of aromatic nitrogens is 2. The number of carbonyl (C=O) groups excluding carboxylic acids is 2. The topological polar surface area (TPSA) is 96.4 Å². The van der Waals surface area contributed by atoms with Crippen LogP contribution in [0.5, 0.6) is 0 Å². The molecule has 2 heterocycles. The average Bonchev–Trinajstić information content (AvgIpc) is 2.59. The molecular formula is C15H23N5O3. The largest absolute Gasteiger partial charge is 0.379 e. The lowest BCUT2D eigenvalue weighted by molar-refractivity contribution is -0.132. The van der Waals surface area contributed by atoms with Gasteiger partial charge < -0.3 is 20.3 Å². The fourth-order valence-electron chi connectivity index (χ4n) is 2.18. The van der Waals surface area contributed by atoms with Gasteiger partial charge in [0, 0.05) is 45.1 Å². The van der Waals surface area contributed by atoms with E-state index in [0.29, 0.717) is 37.6 Å². The van der Waals surface area contributed by atoms with Gasteiger partial charge in [0.05, 0.1) is 25.2 Å². The summed E-state index contributed by atoms with van der Waals surface area (Å²) in [6.45, 7) is 6.09. The summed E-state index contributed by atoms with van der Waals surface area (Å²) in [5, 5.41) is 5.93. The molecule has 0 aromatic carbocycles. The summed E-state index contributed by atoms with van der Waals surface area (Å²) >= 11 is 0. The zero-order chi connectivity index (χ0) is 16.5. The van der Waals surface area contributed by atoms with Gasteiger partial charge in [-0.05, 0) is 6.92 Å². The molecule has 2 N–H and O–H groups in total. The highest BCUT2D eigenvalue weighted by atomic mass is 16.5. The molecule has 8 heteroatoms. The molecule has 23 heavy (non-hydrogen) atoms. The van der Waals surface area contributed by atoms with Crippen LogP contribution in [-0.2, 0) is 9.53 Å². The number of nitrogens with one attached hydrogen (secondary N) is 2. The summed E-state index contributed by atoms with van der Waals surface area (Å²) < 4.78 is 5.39. The third-order valence-electron chi connectivity index (χ3n) is 3.51. The zero-order valence-corrected chi connectivity index (χ0v) is 13.4. The molecule has 1 aliphatic heterocycles. The molecule has 1 aliphatic rings. The van der Waals surface area contributed by atoms with Crippen LogP contribution in [0.25, 0.3) is 0 Å². The van der Waals surface area contributed by atoms with Crippen molar-refractivity contribution >= 4 is 11.8 Å². The van der Waals surface area contributed by atoms with E-state index in [-0.39, 0.29) is 11.8 Å². The van der Waals surface area contributed by atoms with Crippen molar-refractivity contribution in [2.45, 2.75) is 13.3 Å². The maximum atomic E-state index is 11.9. The Hall–Kier alpha value is -2.06. The van der Waals surface area contributed by atoms with Crippen LogP contribution in [-0.4, -0.2) is 72.6 Å². The normalized spacial score (nSPS) is 14.6. The van der Waals surface area contributed by atoms with E-state index in [1.165, 1.54) is 12.4 Å². The summed E-state index contributed by atoms with van der Waals surface area (Å²) in [6.07, 6.45) is 3.36. The van der Waals surface area contributed by atoms with E-state index in [4.69, 9.17) is 4.74 Å². The van der Waals surface area contributed by atoms with Gasteiger partial charge in [0.2, 0.25) is 5.91 Å². The highest BCUT2D eigenvalue weighted by Crippen LogP contribution is 1.98. The van der Waals surface area contributed by atoms with Crippen molar-refractivity contribution in [3.05, 3.63) is 23.8 Å². The van der Waals surface area contributed by atoms with Crippen LogP contribution in [0.2, 0.25) is 0 Å². The molecule has 2 amide bonds. The van der Waals surface area contributed by atoms with Gasteiger partial charge >= 0.3 is 0 Å². The number of nitrogens with zero attached hydrogens (tertiary/aromatic N) is 3. The van der Waals surface area contributed by atoms with Crippen molar-refractivity contribution in [3.8, 4) is 0 Å². The van der Waals surface area contributed by atoms with E-state index >= 15 is 0 Å². The number of rotatable bonds is 7. The number of carbonyl (C=O) groups is 2. The van der Waals surface area contributed by atoms with Crippen molar-refractivity contribution in [2.24, 2.45) is 0 Å². The van der Waals surface area contributed by atoms with E-state index in [0.717, 1.165) is 26.2 Å². The van der Waals surface area contributed by atoms with Gasteiger partial charge in [0.25, 0.3) is 5.91 Å². The quantitative estimate of drug-likeness (QED) is 0.648. The van der Waals surface area contributed by atoms with Crippen molar-refractivity contribution in [1.29, 1.82) is 0 Å². The first kappa shape index (κ1) is 17.3. The number of piperazine rings is 1. The average molecular weight is 321 g/mol. The summed E-state index contributed by atoms with van der Waals surface area (Å²) in [5.74, 6) is 0.511. The Morgan fingerprint density at radius 3 is 2.65 bits per heavy atom. The highest BCUT2D eigenvalue weighted by Gasteiger charge is 2.15. The first-order chi connectivity index (χ1) is 11.2. The van der Waals surface area contributed by atoms with Crippen molar-refractivity contribution in [3.63, 3.8) is 0 Å². The Morgan fingerprint density at radius 1 is 1.26 bits per heavy atom. The van der Waals surface area contributed by atoms with E-state index in [1.54, 1.807) is 6.92 Å². The molecule has 0 radical (unpaired) electrons. The van der Waals surface area contributed by atoms with Crippen molar-refractivity contribution in [1.82, 2.24) is 25.5 Å². The predicted octanol–water partition coefficient (Wildman–Crippen LogP) is -0.647. The van der Waals surface area contributed by atoms with Crippen LogP contribution in [0.4, 0.5) is 0 Å². The van der Waals surface area contributed by atoms with E-state index in [2.05, 4.69) is 20.6 Å². The van der Waals surface area contributed by atoms with E-state index < -0.39 is 0 Å². The Balaban J connectivity index is 1.54. The van der Waals surface area contributed by atoms with Gasteiger partial charge in [-0.25, -0.2) is 9.97 Å². The fourth-order valence-corrected chi connectivity index (χ4v) is 2.18. The number of hydrogen-bond donors (Lipinski definition) is 2. The molecule has 1 fully saturated rings. The van der Waals surface area contributed by atoms with Crippen LogP contribution in [0.15, 0.2) is 12.4 Å². The monoisotopic (exact) mass is 321 g/mol. The third kappa shape index (κ3) is 5.91. The number of ether oxygens (including phenoxy) is 1. The van der Waals surface area contributed by atoms with Gasteiger partial charge in [-0.15, -0.1) is 0 Å². The standard InChI is InChI=1S/C15H23N5O3/c1-12-18-10-13(11-19-12)15(22)17-5-9-23-8-2-14(21)20-6-3-16-4-7-20/h10-11,16H,2-9H2,1H3,(H,17,22). The minimum atomic E-state index is -0.231. The molecular weight excluding hydrogens is 298 g/mol. The van der Waals surface area contributed by atoms with Crippen LogP contribution < -0.4 is 10.6 Å². The van der Waals surface area contributed by atoms with Crippen LogP contribution in [0.1, 0.15) is 22.6 Å². The van der Waals surface area contributed by atoms with Crippen molar-refractivity contribution in [2.75, 3.05) is 45.9 Å². The fraction of sp³-hybridized carbons (Fsp3) is 0.600. The lowest BCUT2D eigenvalue weighted by Crippen LogP contribution is -2.46. The molecule has 0 bridgehead atoms. The Morgan fingerprint density at radius 2 is 1.96 bits per heavy atom. The summed E-state index contributed by atoms with van der Waals surface area (Å²) in [4.78, 5) is 33.5. The Kier molecular flexibility index (Phi) is 6.89. The second kappa shape index (κ2) is 9.16. The molecule has 0 saturated carbocycles. The van der Waals surface area contributed by atoms with Gasteiger partial charge in [-0.1, -0.05) is 0 Å². The molecule has 2 rings (SSSR count). The molecule has 1 aromatic heterocycles. The molecule has 0 atom stereocenters. The van der Waals surface area contributed by atoms with Crippen molar-refractivity contribution < 1.29 is 14.3 Å². The Labute approximate surface area is 135 Å². The minimum absolute atomic E-state index is 0.118. The molecule has 0 unspecified atom stereocenters. The first-order valence-electron chi connectivity index (χ1n) is 7.80. The summed E-state index contributed by atoms with van der Waals surface area (Å²) in [7, 11) is 0. The minimum Gasteiger partial charge on any atom is -0.379 e. The van der Waals surface area contributed by atoms with E-state index in [1.807, 2.05) is 4.90 Å². The maximum absolute atomic E-state index is 11.9. The lowest BCUT2D eigenvalue weighted by atomic mass is 10.3. The molecule has 1 saturated heterocycles. The molecule has 8 nitrogen and oxygen atoms in total. The molecule has 0 spiro atoms. The zero-order valence-electron chi connectivity index (χ0n) is 13.4. The van der Waals surface area contributed by atoms with E-state index in [9.17, 15) is 9.59 Å². The Bertz CT molecular complexity index is 514. The predicted molar refractivity (Wildman–Crippen MR) is 84.0 cm³/mol. The maximum Gasteiger partial charge on any atom is 0.254 e. The second-order valence-corrected chi connectivity index (χ2v) is 5.27. The van der Waals surface area contributed by atoms with Gasteiger partial charge in [0.1, 0.15) is 5.82 Å². The molecule has 0 aliphatic carbocycles. The third-order valence-corrected chi connectivity index (χ3v) is 3.51. The van der Waals surface area contributed by atoms with Gasteiger partial charge in [0.15, 0.2) is 0 Å². The first-order valence-corrected chi connectivity index (χ1v) is 7.80. The lowest BCUT2D eigenvalue weighted by Gasteiger charge is -2.27. The van der Waals surface area contributed by atoms with Gasteiger partial charge in [-0.3, -0.25) is 9.59 Å².